The summed E-state index contributed by atoms with van der Waals surface area (Å²) in [5.74, 6) is 0.972. The van der Waals surface area contributed by atoms with Crippen molar-refractivity contribution in [2.24, 2.45) is 4.99 Å². The Morgan fingerprint density at radius 1 is 1.29 bits per heavy atom. The third-order valence-electron chi connectivity index (χ3n) is 4.43. The number of nitrogens with one attached hydrogen (secondary N) is 2. The number of thioether (sulfide) groups is 1. The molecule has 0 bridgehead atoms. The summed E-state index contributed by atoms with van der Waals surface area (Å²) in [7, 11) is 0. The van der Waals surface area contributed by atoms with Crippen LogP contribution in [0.4, 0.5) is 0 Å². The van der Waals surface area contributed by atoms with Crippen LogP contribution in [0.1, 0.15) is 32.3 Å². The molecule has 0 radical (unpaired) electrons. The van der Waals surface area contributed by atoms with E-state index in [-0.39, 0.29) is 0 Å². The van der Waals surface area contributed by atoms with Crippen LogP contribution < -0.4 is 10.6 Å². The molecule has 1 aromatic rings. The molecule has 0 amide bonds. The van der Waals surface area contributed by atoms with Crippen molar-refractivity contribution >= 4 is 17.7 Å². The molecule has 0 aliphatic carbocycles. The van der Waals surface area contributed by atoms with Gasteiger partial charge in [-0.2, -0.15) is 11.8 Å². The third kappa shape index (κ3) is 6.73. The molecule has 1 aliphatic heterocycles. The first-order valence-electron chi connectivity index (χ1n) is 9.05. The molecule has 1 atom stereocenters. The largest absolute Gasteiger partial charge is 0.357 e. The highest BCUT2D eigenvalue weighted by atomic mass is 32.2. The second kappa shape index (κ2) is 10.6. The maximum Gasteiger partial charge on any atom is 0.191 e. The number of likely N-dealkylation sites (tertiary alicyclic amines) is 1. The van der Waals surface area contributed by atoms with Crippen molar-refractivity contribution < 1.29 is 0 Å². The summed E-state index contributed by atoms with van der Waals surface area (Å²) < 4.78 is 0. The lowest BCUT2D eigenvalue weighted by atomic mass is 10.0. The summed E-state index contributed by atoms with van der Waals surface area (Å²) in [6.45, 7) is 9.47. The predicted octanol–water partition coefficient (Wildman–Crippen LogP) is 2.96. The van der Waals surface area contributed by atoms with E-state index in [1.165, 1.54) is 18.4 Å². The maximum atomic E-state index is 4.73. The van der Waals surface area contributed by atoms with E-state index in [0.717, 1.165) is 38.7 Å². The lowest BCUT2D eigenvalue weighted by molar-refractivity contribution is 0.198. The van der Waals surface area contributed by atoms with E-state index in [9.17, 15) is 0 Å². The average molecular weight is 349 g/mol. The summed E-state index contributed by atoms with van der Waals surface area (Å²) in [5, 5.41) is 7.56. The van der Waals surface area contributed by atoms with Crippen molar-refractivity contribution in [2.45, 2.75) is 44.5 Å². The van der Waals surface area contributed by atoms with Crippen LogP contribution in [0.2, 0.25) is 0 Å². The topological polar surface area (TPSA) is 39.7 Å². The fourth-order valence-corrected chi connectivity index (χ4v) is 3.11. The molecular formula is C19H32N4S. The highest BCUT2D eigenvalue weighted by molar-refractivity contribution is 7.99. The molecule has 1 saturated heterocycles. The van der Waals surface area contributed by atoms with Crippen molar-refractivity contribution in [3.63, 3.8) is 0 Å². The second-order valence-electron chi connectivity index (χ2n) is 6.45. The normalized spacial score (nSPS) is 18.4. The van der Waals surface area contributed by atoms with E-state index < -0.39 is 0 Å². The van der Waals surface area contributed by atoms with E-state index in [0.29, 0.717) is 11.3 Å². The molecule has 0 aromatic heterocycles. The fourth-order valence-electron chi connectivity index (χ4n) is 2.88. The predicted molar refractivity (Wildman–Crippen MR) is 107 cm³/mol. The molecule has 5 heteroatoms. The highest BCUT2D eigenvalue weighted by Gasteiger charge is 2.20. The van der Waals surface area contributed by atoms with Crippen molar-refractivity contribution in [3.8, 4) is 0 Å². The van der Waals surface area contributed by atoms with Gasteiger partial charge in [-0.25, -0.2) is 0 Å². The van der Waals surface area contributed by atoms with Gasteiger partial charge in [-0.1, -0.05) is 37.3 Å². The van der Waals surface area contributed by atoms with Crippen molar-refractivity contribution in [1.82, 2.24) is 15.5 Å². The van der Waals surface area contributed by atoms with E-state index >= 15 is 0 Å². The average Bonchev–Trinajstić information content (AvgIpc) is 2.62. The highest BCUT2D eigenvalue weighted by Crippen LogP contribution is 2.14. The number of hydrogen-bond donors (Lipinski definition) is 2. The van der Waals surface area contributed by atoms with Crippen LogP contribution in [0, 0.1) is 0 Å². The first kappa shape index (κ1) is 19.1. The van der Waals surface area contributed by atoms with Gasteiger partial charge in [0.25, 0.3) is 0 Å². The molecule has 2 rings (SSSR count). The molecule has 1 aliphatic rings. The number of aliphatic imine (C=N–C) groups is 1. The number of piperidine rings is 1. The summed E-state index contributed by atoms with van der Waals surface area (Å²) in [6, 6.07) is 11.3. The van der Waals surface area contributed by atoms with Gasteiger partial charge in [-0.3, -0.25) is 9.89 Å². The summed E-state index contributed by atoms with van der Waals surface area (Å²) in [6.07, 6.45) is 4.49. The first-order chi connectivity index (χ1) is 11.7. The Morgan fingerprint density at radius 3 is 2.62 bits per heavy atom. The molecule has 134 valence electrons. The zero-order valence-corrected chi connectivity index (χ0v) is 16.1. The lowest BCUT2D eigenvalue weighted by Crippen LogP contribution is -2.48. The molecular weight excluding hydrogens is 316 g/mol. The minimum Gasteiger partial charge on any atom is -0.357 e. The Hall–Kier alpha value is -1.20. The Labute approximate surface area is 151 Å². The van der Waals surface area contributed by atoms with Crippen molar-refractivity contribution in [2.75, 3.05) is 32.4 Å². The number of benzene rings is 1. The van der Waals surface area contributed by atoms with E-state index in [2.05, 4.69) is 66.0 Å². The molecule has 2 N–H and O–H groups in total. The van der Waals surface area contributed by atoms with E-state index in [4.69, 9.17) is 4.99 Å². The summed E-state index contributed by atoms with van der Waals surface area (Å²) in [5.41, 5.74) is 1.41. The molecule has 0 spiro atoms. The van der Waals surface area contributed by atoms with Gasteiger partial charge in [-0.05, 0) is 31.6 Å². The Kier molecular flexibility index (Phi) is 8.47. The van der Waals surface area contributed by atoms with Gasteiger partial charge in [0.05, 0.1) is 6.54 Å². The van der Waals surface area contributed by atoms with Crippen LogP contribution in [-0.4, -0.2) is 54.6 Å². The zero-order valence-electron chi connectivity index (χ0n) is 15.3. The SMILES string of the molecule is CCNC(=NCC(C)SC)NC1CCN(Cc2ccccc2)CC1. The van der Waals surface area contributed by atoms with Gasteiger partial charge in [0.2, 0.25) is 0 Å². The quantitative estimate of drug-likeness (QED) is 0.587. The fraction of sp³-hybridized carbons (Fsp3) is 0.632. The molecule has 1 unspecified atom stereocenters. The third-order valence-corrected chi connectivity index (χ3v) is 5.38. The monoisotopic (exact) mass is 348 g/mol. The second-order valence-corrected chi connectivity index (χ2v) is 7.72. The van der Waals surface area contributed by atoms with Crippen LogP contribution in [-0.2, 0) is 6.54 Å². The van der Waals surface area contributed by atoms with Gasteiger partial charge < -0.3 is 10.6 Å². The number of nitrogens with zero attached hydrogens (tertiary/aromatic N) is 2. The first-order valence-corrected chi connectivity index (χ1v) is 10.3. The number of guanidine groups is 1. The van der Waals surface area contributed by atoms with E-state index in [1.54, 1.807) is 0 Å². The van der Waals surface area contributed by atoms with Gasteiger partial charge in [0.1, 0.15) is 0 Å². The van der Waals surface area contributed by atoms with Crippen LogP contribution >= 0.6 is 11.8 Å². The number of rotatable bonds is 7. The Bertz CT molecular complexity index is 483. The summed E-state index contributed by atoms with van der Waals surface area (Å²) in [4.78, 5) is 7.27. The lowest BCUT2D eigenvalue weighted by Gasteiger charge is -2.33. The van der Waals surface area contributed by atoms with Gasteiger partial charge in [0, 0.05) is 37.5 Å². The van der Waals surface area contributed by atoms with Crippen LogP contribution in [0.3, 0.4) is 0 Å². The van der Waals surface area contributed by atoms with Gasteiger partial charge in [0.15, 0.2) is 5.96 Å². The number of hydrogen-bond acceptors (Lipinski definition) is 3. The van der Waals surface area contributed by atoms with Gasteiger partial charge >= 0.3 is 0 Å². The van der Waals surface area contributed by atoms with Crippen molar-refractivity contribution in [1.29, 1.82) is 0 Å². The Morgan fingerprint density at radius 2 is 2.00 bits per heavy atom. The van der Waals surface area contributed by atoms with Crippen molar-refractivity contribution in [3.05, 3.63) is 35.9 Å². The molecule has 1 heterocycles. The maximum absolute atomic E-state index is 4.73. The zero-order chi connectivity index (χ0) is 17.2. The van der Waals surface area contributed by atoms with Crippen LogP contribution in [0.15, 0.2) is 35.3 Å². The van der Waals surface area contributed by atoms with Gasteiger partial charge in [-0.15, -0.1) is 0 Å². The minimum absolute atomic E-state index is 0.527. The Balaban J connectivity index is 1.77. The smallest absolute Gasteiger partial charge is 0.191 e. The molecule has 1 fully saturated rings. The van der Waals surface area contributed by atoms with Crippen LogP contribution in [0.5, 0.6) is 0 Å². The summed E-state index contributed by atoms with van der Waals surface area (Å²) >= 11 is 1.86. The molecule has 24 heavy (non-hydrogen) atoms. The standard InChI is InChI=1S/C19H32N4S/c1-4-20-19(21-14-16(2)24-3)22-18-10-12-23(13-11-18)15-17-8-6-5-7-9-17/h5-9,16,18H,4,10-15H2,1-3H3,(H2,20,21,22). The van der Waals surface area contributed by atoms with Crippen LogP contribution in [0.25, 0.3) is 0 Å². The molecule has 0 saturated carbocycles. The van der Waals surface area contributed by atoms with E-state index in [1.807, 2.05) is 11.8 Å². The molecule has 1 aromatic carbocycles. The minimum atomic E-state index is 0.527. The molecule has 4 nitrogen and oxygen atoms in total.